The molecule has 0 bridgehead atoms. The fourth-order valence-electron chi connectivity index (χ4n) is 3.59. The Balaban J connectivity index is 1.91. The van der Waals surface area contributed by atoms with Crippen molar-refractivity contribution in [2.45, 2.75) is 65.5 Å². The van der Waals surface area contributed by atoms with E-state index in [-0.39, 0.29) is 0 Å². The molecule has 1 unspecified atom stereocenters. The second kappa shape index (κ2) is 7.95. The van der Waals surface area contributed by atoms with E-state index in [9.17, 15) is 0 Å². The van der Waals surface area contributed by atoms with Gasteiger partial charge in [0.2, 0.25) is 0 Å². The predicted molar refractivity (Wildman–Crippen MR) is 89.8 cm³/mol. The molecule has 2 heteroatoms. The zero-order chi connectivity index (χ0) is 15.2. The number of ether oxygens (including phenoxy) is 1. The molecule has 118 valence electrons. The summed E-state index contributed by atoms with van der Waals surface area (Å²) in [7, 11) is 0. The standard InChI is InChI=1S/C19H31NO/c1-5-20-17(10-16-11-18(12-16)21-6-2)13-19-14(3)8-7-9-15(19)4/h7-9,16-18,20H,5-6,10-13H2,1-4H3. The van der Waals surface area contributed by atoms with Gasteiger partial charge in [0.25, 0.3) is 0 Å². The van der Waals surface area contributed by atoms with Gasteiger partial charge in [-0.05, 0) is 75.6 Å². The highest BCUT2D eigenvalue weighted by atomic mass is 16.5. The van der Waals surface area contributed by atoms with Crippen LogP contribution in [-0.4, -0.2) is 25.3 Å². The molecule has 2 nitrogen and oxygen atoms in total. The zero-order valence-electron chi connectivity index (χ0n) is 14.1. The van der Waals surface area contributed by atoms with Crippen LogP contribution in [0.3, 0.4) is 0 Å². The second-order valence-corrected chi connectivity index (χ2v) is 6.48. The Morgan fingerprint density at radius 2 is 1.86 bits per heavy atom. The fraction of sp³-hybridized carbons (Fsp3) is 0.684. The summed E-state index contributed by atoms with van der Waals surface area (Å²) in [6.45, 7) is 10.7. The van der Waals surface area contributed by atoms with Crippen molar-refractivity contribution in [3.05, 3.63) is 34.9 Å². The Morgan fingerprint density at radius 1 is 1.19 bits per heavy atom. The molecule has 0 aliphatic heterocycles. The van der Waals surface area contributed by atoms with E-state index in [4.69, 9.17) is 4.74 Å². The zero-order valence-corrected chi connectivity index (χ0v) is 14.1. The van der Waals surface area contributed by atoms with Gasteiger partial charge in [0.15, 0.2) is 0 Å². The Labute approximate surface area is 130 Å². The molecule has 0 amide bonds. The van der Waals surface area contributed by atoms with Gasteiger partial charge < -0.3 is 10.1 Å². The summed E-state index contributed by atoms with van der Waals surface area (Å²) in [5.74, 6) is 0.843. The van der Waals surface area contributed by atoms with Crippen molar-refractivity contribution in [3.8, 4) is 0 Å². The van der Waals surface area contributed by atoms with Gasteiger partial charge in [-0.3, -0.25) is 0 Å². The fourth-order valence-corrected chi connectivity index (χ4v) is 3.59. The molecule has 2 rings (SSSR count). The lowest BCUT2D eigenvalue weighted by Crippen LogP contribution is -2.39. The average Bonchev–Trinajstić information content (AvgIpc) is 2.40. The molecule has 0 saturated heterocycles. The lowest BCUT2D eigenvalue weighted by atomic mass is 9.77. The van der Waals surface area contributed by atoms with E-state index in [1.54, 1.807) is 0 Å². The molecule has 1 aliphatic rings. The lowest BCUT2D eigenvalue weighted by molar-refractivity contribution is -0.0289. The van der Waals surface area contributed by atoms with E-state index in [2.05, 4.69) is 51.2 Å². The van der Waals surface area contributed by atoms with Gasteiger partial charge in [-0.25, -0.2) is 0 Å². The number of likely N-dealkylation sites (N-methyl/N-ethyl adjacent to an activating group) is 1. The number of hydrogen-bond acceptors (Lipinski definition) is 2. The van der Waals surface area contributed by atoms with Gasteiger partial charge in [-0.1, -0.05) is 25.1 Å². The first-order valence-corrected chi connectivity index (χ1v) is 8.54. The average molecular weight is 289 g/mol. The molecule has 1 aromatic rings. The minimum atomic E-state index is 0.530. The number of rotatable bonds is 8. The van der Waals surface area contributed by atoms with Crippen LogP contribution in [0.5, 0.6) is 0 Å². The van der Waals surface area contributed by atoms with E-state index in [0.717, 1.165) is 25.5 Å². The summed E-state index contributed by atoms with van der Waals surface area (Å²) >= 11 is 0. The van der Waals surface area contributed by atoms with Crippen molar-refractivity contribution in [3.63, 3.8) is 0 Å². The van der Waals surface area contributed by atoms with Gasteiger partial charge in [-0.2, -0.15) is 0 Å². The SMILES string of the molecule is CCNC(Cc1c(C)cccc1C)CC1CC(OCC)C1. The van der Waals surface area contributed by atoms with E-state index in [1.165, 1.54) is 36.0 Å². The molecule has 1 aromatic carbocycles. The lowest BCUT2D eigenvalue weighted by Gasteiger charge is -2.37. The first kappa shape index (κ1) is 16.5. The molecular weight excluding hydrogens is 258 g/mol. The highest BCUT2D eigenvalue weighted by molar-refractivity contribution is 5.34. The summed E-state index contributed by atoms with van der Waals surface area (Å²) < 4.78 is 5.69. The maximum absolute atomic E-state index is 5.69. The van der Waals surface area contributed by atoms with Gasteiger partial charge in [0, 0.05) is 12.6 Å². The van der Waals surface area contributed by atoms with Crippen LogP contribution in [0.2, 0.25) is 0 Å². The highest BCUT2D eigenvalue weighted by Crippen LogP contribution is 2.34. The van der Waals surface area contributed by atoms with E-state index in [0.29, 0.717) is 12.1 Å². The van der Waals surface area contributed by atoms with Crippen LogP contribution < -0.4 is 5.32 Å². The van der Waals surface area contributed by atoms with Gasteiger partial charge in [0.1, 0.15) is 0 Å². The molecule has 0 radical (unpaired) electrons. The number of hydrogen-bond donors (Lipinski definition) is 1. The van der Waals surface area contributed by atoms with Crippen molar-refractivity contribution in [2.75, 3.05) is 13.2 Å². The van der Waals surface area contributed by atoms with Crippen molar-refractivity contribution in [1.82, 2.24) is 5.32 Å². The Morgan fingerprint density at radius 3 is 2.43 bits per heavy atom. The molecule has 1 saturated carbocycles. The van der Waals surface area contributed by atoms with Crippen LogP contribution in [0.25, 0.3) is 0 Å². The number of nitrogens with one attached hydrogen (secondary N) is 1. The smallest absolute Gasteiger partial charge is 0.0580 e. The van der Waals surface area contributed by atoms with Crippen LogP contribution in [0.15, 0.2) is 18.2 Å². The summed E-state index contributed by atoms with van der Waals surface area (Å²) in [6, 6.07) is 7.23. The number of benzene rings is 1. The van der Waals surface area contributed by atoms with Crippen LogP contribution in [0.1, 0.15) is 49.8 Å². The Bertz CT molecular complexity index is 417. The normalized spacial score (nSPS) is 22.9. The van der Waals surface area contributed by atoms with Crippen LogP contribution in [0, 0.1) is 19.8 Å². The number of aryl methyl sites for hydroxylation is 2. The first-order valence-electron chi connectivity index (χ1n) is 8.54. The van der Waals surface area contributed by atoms with Crippen molar-refractivity contribution in [2.24, 2.45) is 5.92 Å². The topological polar surface area (TPSA) is 21.3 Å². The molecule has 1 fully saturated rings. The van der Waals surface area contributed by atoms with Crippen molar-refractivity contribution in [1.29, 1.82) is 0 Å². The molecule has 1 atom stereocenters. The summed E-state index contributed by atoms with van der Waals surface area (Å²) in [5.41, 5.74) is 4.39. The molecule has 1 aliphatic carbocycles. The molecule has 1 N–H and O–H groups in total. The van der Waals surface area contributed by atoms with Gasteiger partial charge in [-0.15, -0.1) is 0 Å². The second-order valence-electron chi connectivity index (χ2n) is 6.48. The summed E-state index contributed by atoms with van der Waals surface area (Å²) in [6.07, 6.45) is 5.47. The van der Waals surface area contributed by atoms with Gasteiger partial charge in [0.05, 0.1) is 6.10 Å². The van der Waals surface area contributed by atoms with Crippen LogP contribution >= 0.6 is 0 Å². The van der Waals surface area contributed by atoms with E-state index in [1.807, 2.05) is 0 Å². The van der Waals surface area contributed by atoms with Crippen molar-refractivity contribution >= 4 is 0 Å². The minimum Gasteiger partial charge on any atom is -0.378 e. The maximum Gasteiger partial charge on any atom is 0.0580 e. The van der Waals surface area contributed by atoms with E-state index < -0.39 is 0 Å². The van der Waals surface area contributed by atoms with E-state index >= 15 is 0 Å². The third kappa shape index (κ3) is 4.55. The Hall–Kier alpha value is -0.860. The quantitative estimate of drug-likeness (QED) is 0.780. The molecule has 0 aromatic heterocycles. The first-order chi connectivity index (χ1) is 10.1. The summed E-state index contributed by atoms with van der Waals surface area (Å²) in [4.78, 5) is 0. The maximum atomic E-state index is 5.69. The third-order valence-corrected chi connectivity index (χ3v) is 4.80. The van der Waals surface area contributed by atoms with Crippen LogP contribution in [0.4, 0.5) is 0 Å². The minimum absolute atomic E-state index is 0.530. The largest absolute Gasteiger partial charge is 0.378 e. The molecular formula is C19H31NO. The monoisotopic (exact) mass is 289 g/mol. The summed E-state index contributed by atoms with van der Waals surface area (Å²) in [5, 5.41) is 3.69. The highest BCUT2D eigenvalue weighted by Gasteiger charge is 2.31. The molecule has 21 heavy (non-hydrogen) atoms. The van der Waals surface area contributed by atoms with Gasteiger partial charge >= 0.3 is 0 Å². The molecule has 0 spiro atoms. The Kier molecular flexibility index (Phi) is 6.25. The molecule has 0 heterocycles. The third-order valence-electron chi connectivity index (χ3n) is 4.80. The van der Waals surface area contributed by atoms with Crippen molar-refractivity contribution < 1.29 is 4.74 Å². The van der Waals surface area contributed by atoms with Crippen LogP contribution in [-0.2, 0) is 11.2 Å². The predicted octanol–water partition coefficient (Wildman–Crippen LogP) is 4.03.